The molecule has 2 saturated heterocycles. The standard InChI is InChI=1S/C15H28N2/c1-11(12-5-3-4-6-12)16-13-9-14-7-8-15(10-13)17(14)2/h11-16H,3-10H2,1-2H3/t11-,13?,14?,15?/m1/s1. The monoisotopic (exact) mass is 236 g/mol. The summed E-state index contributed by atoms with van der Waals surface area (Å²) in [4.78, 5) is 2.64. The largest absolute Gasteiger partial charge is 0.311 e. The van der Waals surface area contributed by atoms with E-state index in [2.05, 4.69) is 24.2 Å². The maximum absolute atomic E-state index is 3.96. The second-order valence-corrected chi connectivity index (χ2v) is 6.72. The maximum atomic E-state index is 3.96. The number of rotatable bonds is 3. The minimum absolute atomic E-state index is 0.755. The molecule has 0 aromatic rings. The van der Waals surface area contributed by atoms with E-state index in [4.69, 9.17) is 0 Å². The van der Waals surface area contributed by atoms with E-state index >= 15 is 0 Å². The van der Waals surface area contributed by atoms with Crippen molar-refractivity contribution in [1.82, 2.24) is 10.2 Å². The summed E-state index contributed by atoms with van der Waals surface area (Å²) in [6.45, 7) is 2.43. The van der Waals surface area contributed by atoms with Crippen LogP contribution in [-0.4, -0.2) is 36.1 Å². The second kappa shape index (κ2) is 4.89. The molecule has 98 valence electrons. The Hall–Kier alpha value is -0.0800. The summed E-state index contributed by atoms with van der Waals surface area (Å²) in [5.41, 5.74) is 0. The molecular formula is C15H28N2. The summed E-state index contributed by atoms with van der Waals surface area (Å²) in [6, 6.07) is 3.31. The zero-order chi connectivity index (χ0) is 11.8. The Bertz CT molecular complexity index is 246. The number of piperidine rings is 1. The molecule has 0 aromatic carbocycles. The van der Waals surface area contributed by atoms with Gasteiger partial charge in [0.2, 0.25) is 0 Å². The molecule has 3 fully saturated rings. The van der Waals surface area contributed by atoms with E-state index in [0.717, 1.165) is 30.1 Å². The van der Waals surface area contributed by atoms with Gasteiger partial charge in [-0.05, 0) is 58.4 Å². The lowest BCUT2D eigenvalue weighted by Gasteiger charge is -2.38. The van der Waals surface area contributed by atoms with Gasteiger partial charge in [-0.1, -0.05) is 12.8 Å². The third-order valence-electron chi connectivity index (χ3n) is 5.70. The molecule has 1 saturated carbocycles. The fourth-order valence-electron chi connectivity index (χ4n) is 4.51. The summed E-state index contributed by atoms with van der Waals surface area (Å²) in [5, 5.41) is 3.96. The van der Waals surface area contributed by atoms with Gasteiger partial charge >= 0.3 is 0 Å². The molecule has 0 amide bonds. The quantitative estimate of drug-likeness (QED) is 0.810. The molecule has 3 rings (SSSR count). The molecule has 0 radical (unpaired) electrons. The predicted octanol–water partition coefficient (Wildman–Crippen LogP) is 2.78. The van der Waals surface area contributed by atoms with Gasteiger partial charge in [-0.2, -0.15) is 0 Å². The third-order valence-corrected chi connectivity index (χ3v) is 5.70. The van der Waals surface area contributed by atoms with Crippen LogP contribution in [0.2, 0.25) is 0 Å². The van der Waals surface area contributed by atoms with E-state index in [-0.39, 0.29) is 0 Å². The summed E-state index contributed by atoms with van der Waals surface area (Å²) in [7, 11) is 2.33. The van der Waals surface area contributed by atoms with Crippen molar-refractivity contribution in [3.8, 4) is 0 Å². The fraction of sp³-hybridized carbons (Fsp3) is 1.00. The molecule has 2 aliphatic heterocycles. The van der Waals surface area contributed by atoms with Gasteiger partial charge in [0.15, 0.2) is 0 Å². The van der Waals surface area contributed by atoms with Gasteiger partial charge in [0.1, 0.15) is 0 Å². The lowest BCUT2D eigenvalue weighted by molar-refractivity contribution is 0.138. The predicted molar refractivity (Wildman–Crippen MR) is 72.2 cm³/mol. The van der Waals surface area contributed by atoms with Crippen LogP contribution in [0.4, 0.5) is 0 Å². The van der Waals surface area contributed by atoms with Crippen molar-refractivity contribution < 1.29 is 0 Å². The Balaban J connectivity index is 1.52. The third kappa shape index (κ3) is 2.39. The Kier molecular flexibility index (Phi) is 3.45. The molecular weight excluding hydrogens is 208 g/mol. The van der Waals surface area contributed by atoms with Crippen LogP contribution in [0.3, 0.4) is 0 Å². The van der Waals surface area contributed by atoms with Crippen molar-refractivity contribution in [3.63, 3.8) is 0 Å². The van der Waals surface area contributed by atoms with Crippen LogP contribution in [-0.2, 0) is 0 Å². The minimum Gasteiger partial charge on any atom is -0.311 e. The van der Waals surface area contributed by atoms with Crippen molar-refractivity contribution in [2.24, 2.45) is 5.92 Å². The molecule has 3 aliphatic rings. The van der Waals surface area contributed by atoms with E-state index in [1.807, 2.05) is 0 Å². The van der Waals surface area contributed by atoms with Gasteiger partial charge < -0.3 is 10.2 Å². The number of hydrogen-bond acceptors (Lipinski definition) is 2. The number of nitrogens with zero attached hydrogens (tertiary/aromatic N) is 1. The summed E-state index contributed by atoms with van der Waals surface area (Å²) < 4.78 is 0. The van der Waals surface area contributed by atoms with E-state index < -0.39 is 0 Å². The highest BCUT2D eigenvalue weighted by molar-refractivity contribution is 4.97. The fourth-order valence-corrected chi connectivity index (χ4v) is 4.51. The second-order valence-electron chi connectivity index (χ2n) is 6.72. The van der Waals surface area contributed by atoms with Gasteiger partial charge in [-0.15, -0.1) is 0 Å². The average Bonchev–Trinajstić information content (AvgIpc) is 2.88. The van der Waals surface area contributed by atoms with Crippen LogP contribution >= 0.6 is 0 Å². The summed E-state index contributed by atoms with van der Waals surface area (Å²) >= 11 is 0. The Morgan fingerprint density at radius 3 is 2.18 bits per heavy atom. The van der Waals surface area contributed by atoms with Crippen LogP contribution in [0.5, 0.6) is 0 Å². The van der Waals surface area contributed by atoms with Crippen molar-refractivity contribution >= 4 is 0 Å². The molecule has 2 unspecified atom stereocenters. The normalized spacial score (nSPS) is 40.9. The highest BCUT2D eigenvalue weighted by atomic mass is 15.2. The van der Waals surface area contributed by atoms with Gasteiger partial charge in [-0.25, -0.2) is 0 Å². The van der Waals surface area contributed by atoms with Crippen molar-refractivity contribution in [2.45, 2.75) is 82.5 Å². The molecule has 2 heteroatoms. The number of hydrogen-bond donors (Lipinski definition) is 1. The molecule has 1 aliphatic carbocycles. The Morgan fingerprint density at radius 2 is 1.59 bits per heavy atom. The molecule has 17 heavy (non-hydrogen) atoms. The summed E-state index contributed by atoms with van der Waals surface area (Å²) in [6.07, 6.45) is 11.5. The first kappa shape index (κ1) is 12.0. The van der Waals surface area contributed by atoms with E-state index in [1.165, 1.54) is 51.4 Å². The number of nitrogens with one attached hydrogen (secondary N) is 1. The lowest BCUT2D eigenvalue weighted by atomic mass is 9.94. The lowest BCUT2D eigenvalue weighted by Crippen LogP contribution is -2.50. The number of fused-ring (bicyclic) bond motifs is 2. The molecule has 0 aromatic heterocycles. The smallest absolute Gasteiger partial charge is 0.0111 e. The maximum Gasteiger partial charge on any atom is 0.0111 e. The zero-order valence-corrected chi connectivity index (χ0v) is 11.5. The van der Waals surface area contributed by atoms with E-state index in [9.17, 15) is 0 Å². The van der Waals surface area contributed by atoms with Gasteiger partial charge in [0.05, 0.1) is 0 Å². The van der Waals surface area contributed by atoms with E-state index in [0.29, 0.717) is 0 Å². The Labute approximate surface area is 106 Å². The highest BCUT2D eigenvalue weighted by Gasteiger charge is 2.39. The Morgan fingerprint density at radius 1 is 1.00 bits per heavy atom. The average molecular weight is 236 g/mol. The van der Waals surface area contributed by atoms with Crippen LogP contribution < -0.4 is 5.32 Å². The highest BCUT2D eigenvalue weighted by Crippen LogP contribution is 2.35. The van der Waals surface area contributed by atoms with Crippen LogP contribution in [0, 0.1) is 5.92 Å². The van der Waals surface area contributed by atoms with Crippen molar-refractivity contribution in [1.29, 1.82) is 0 Å². The van der Waals surface area contributed by atoms with E-state index in [1.54, 1.807) is 0 Å². The molecule has 2 nitrogen and oxygen atoms in total. The van der Waals surface area contributed by atoms with Crippen LogP contribution in [0.25, 0.3) is 0 Å². The first-order valence-electron chi connectivity index (χ1n) is 7.72. The van der Waals surface area contributed by atoms with Crippen LogP contribution in [0.15, 0.2) is 0 Å². The molecule has 2 heterocycles. The molecule has 1 N–H and O–H groups in total. The van der Waals surface area contributed by atoms with Gasteiger partial charge in [0.25, 0.3) is 0 Å². The zero-order valence-electron chi connectivity index (χ0n) is 11.5. The molecule has 2 bridgehead atoms. The first-order valence-corrected chi connectivity index (χ1v) is 7.72. The van der Waals surface area contributed by atoms with Crippen molar-refractivity contribution in [2.75, 3.05) is 7.05 Å². The van der Waals surface area contributed by atoms with Crippen LogP contribution in [0.1, 0.15) is 58.3 Å². The minimum atomic E-state index is 0.755. The first-order chi connectivity index (χ1) is 8.24. The topological polar surface area (TPSA) is 15.3 Å². The van der Waals surface area contributed by atoms with Crippen molar-refractivity contribution in [3.05, 3.63) is 0 Å². The molecule has 3 atom stereocenters. The van der Waals surface area contributed by atoms with Gasteiger partial charge in [0, 0.05) is 24.2 Å². The molecule has 0 spiro atoms. The summed E-state index contributed by atoms with van der Waals surface area (Å²) in [5.74, 6) is 0.965. The van der Waals surface area contributed by atoms with Gasteiger partial charge in [-0.3, -0.25) is 0 Å². The SMILES string of the molecule is C[C@@H](NC1CC2CCC(C1)N2C)C1CCCC1.